The number of rotatable bonds is 4. The Morgan fingerprint density at radius 3 is 3.00 bits per heavy atom. The van der Waals surface area contributed by atoms with E-state index in [1.165, 1.54) is 4.68 Å². The summed E-state index contributed by atoms with van der Waals surface area (Å²) in [6.45, 7) is 2.47. The molecule has 1 heterocycles. The topological polar surface area (TPSA) is 107 Å². The zero-order valence-corrected chi connectivity index (χ0v) is 7.21. The Balaban J connectivity index is 2.68. The number of carboxylic acid groups (broad SMARTS) is 1. The van der Waals surface area contributed by atoms with Crippen LogP contribution in [0.1, 0.15) is 12.7 Å². The second-order valence-corrected chi connectivity index (χ2v) is 2.56. The van der Waals surface area contributed by atoms with Gasteiger partial charge >= 0.3 is 5.97 Å². The standard InChI is InChI=1S/C6H11N5O2/c1-2-11-5(8-9-10-11)3-4(7)6(12)13/h4H,2-3,7H2,1H3,(H,12,13)/t4-/m1/s1. The molecular formula is C6H11N5O2. The molecule has 0 saturated heterocycles. The molecule has 0 aromatic carbocycles. The van der Waals surface area contributed by atoms with Gasteiger partial charge in [-0.2, -0.15) is 0 Å². The van der Waals surface area contributed by atoms with Crippen LogP contribution in [-0.4, -0.2) is 37.3 Å². The van der Waals surface area contributed by atoms with Crippen molar-refractivity contribution >= 4 is 5.97 Å². The molecular weight excluding hydrogens is 174 g/mol. The summed E-state index contributed by atoms with van der Waals surface area (Å²) in [7, 11) is 0. The number of hydrogen-bond acceptors (Lipinski definition) is 5. The molecule has 0 bridgehead atoms. The molecule has 1 atom stereocenters. The first kappa shape index (κ1) is 9.59. The van der Waals surface area contributed by atoms with Crippen molar-refractivity contribution in [2.24, 2.45) is 5.73 Å². The average Bonchev–Trinajstić information content (AvgIpc) is 2.51. The van der Waals surface area contributed by atoms with E-state index in [0.717, 1.165) is 0 Å². The van der Waals surface area contributed by atoms with Crippen LogP contribution in [0.4, 0.5) is 0 Å². The first-order valence-electron chi connectivity index (χ1n) is 3.88. The maximum Gasteiger partial charge on any atom is 0.320 e. The highest BCUT2D eigenvalue weighted by Gasteiger charge is 2.16. The Labute approximate surface area is 74.5 Å². The smallest absolute Gasteiger partial charge is 0.320 e. The molecule has 1 aromatic rings. The summed E-state index contributed by atoms with van der Waals surface area (Å²) in [4.78, 5) is 10.4. The number of aryl methyl sites for hydroxylation is 1. The van der Waals surface area contributed by atoms with Crippen molar-refractivity contribution in [3.8, 4) is 0 Å². The van der Waals surface area contributed by atoms with E-state index >= 15 is 0 Å². The number of nitrogens with zero attached hydrogens (tertiary/aromatic N) is 4. The second-order valence-electron chi connectivity index (χ2n) is 2.56. The molecule has 0 unspecified atom stereocenters. The first-order chi connectivity index (χ1) is 6.15. The van der Waals surface area contributed by atoms with E-state index in [0.29, 0.717) is 12.4 Å². The van der Waals surface area contributed by atoms with Crippen molar-refractivity contribution < 1.29 is 9.90 Å². The van der Waals surface area contributed by atoms with Crippen LogP contribution >= 0.6 is 0 Å². The molecule has 0 radical (unpaired) electrons. The maximum absolute atomic E-state index is 10.4. The minimum absolute atomic E-state index is 0.149. The fourth-order valence-electron chi connectivity index (χ4n) is 0.899. The molecule has 0 saturated carbocycles. The number of tetrazole rings is 1. The van der Waals surface area contributed by atoms with Crippen molar-refractivity contribution in [3.05, 3.63) is 5.82 Å². The van der Waals surface area contributed by atoms with Gasteiger partial charge in [-0.3, -0.25) is 4.79 Å². The van der Waals surface area contributed by atoms with Crippen LogP contribution < -0.4 is 5.73 Å². The van der Waals surface area contributed by atoms with Gasteiger partial charge in [-0.15, -0.1) is 5.10 Å². The first-order valence-corrected chi connectivity index (χ1v) is 3.88. The average molecular weight is 185 g/mol. The molecule has 72 valence electrons. The number of aliphatic carboxylic acids is 1. The van der Waals surface area contributed by atoms with Gasteiger partial charge in [-0.25, -0.2) is 4.68 Å². The molecule has 13 heavy (non-hydrogen) atoms. The Morgan fingerprint density at radius 1 is 1.77 bits per heavy atom. The summed E-state index contributed by atoms with van der Waals surface area (Å²) in [6, 6.07) is -0.948. The number of nitrogens with two attached hydrogens (primary N) is 1. The lowest BCUT2D eigenvalue weighted by atomic mass is 10.2. The second kappa shape index (κ2) is 3.94. The number of aromatic nitrogens is 4. The summed E-state index contributed by atoms with van der Waals surface area (Å²) in [6.07, 6.45) is 0.149. The van der Waals surface area contributed by atoms with E-state index in [4.69, 9.17) is 10.8 Å². The molecule has 0 aliphatic heterocycles. The van der Waals surface area contributed by atoms with Crippen LogP contribution in [-0.2, 0) is 17.8 Å². The fourth-order valence-corrected chi connectivity index (χ4v) is 0.899. The molecule has 7 heteroatoms. The summed E-state index contributed by atoms with van der Waals surface area (Å²) >= 11 is 0. The lowest BCUT2D eigenvalue weighted by Crippen LogP contribution is -2.33. The molecule has 3 N–H and O–H groups in total. The largest absolute Gasteiger partial charge is 0.480 e. The van der Waals surface area contributed by atoms with E-state index in [1.54, 1.807) is 0 Å². The summed E-state index contributed by atoms with van der Waals surface area (Å²) < 4.78 is 1.52. The highest BCUT2D eigenvalue weighted by Crippen LogP contribution is 1.96. The van der Waals surface area contributed by atoms with Gasteiger partial charge in [-0.1, -0.05) is 0 Å². The van der Waals surface area contributed by atoms with Crippen LogP contribution in [0.5, 0.6) is 0 Å². The van der Waals surface area contributed by atoms with Gasteiger partial charge in [0.05, 0.1) is 0 Å². The Hall–Kier alpha value is -1.50. The summed E-state index contributed by atoms with van der Waals surface area (Å²) in [5.74, 6) is -0.553. The summed E-state index contributed by atoms with van der Waals surface area (Å²) in [5.41, 5.74) is 5.32. The predicted molar refractivity (Wildman–Crippen MR) is 42.8 cm³/mol. The van der Waals surface area contributed by atoms with Crippen molar-refractivity contribution in [1.29, 1.82) is 0 Å². The molecule has 7 nitrogen and oxygen atoms in total. The molecule has 0 aliphatic rings. The van der Waals surface area contributed by atoms with E-state index in [9.17, 15) is 4.79 Å². The third-order valence-electron chi connectivity index (χ3n) is 1.63. The highest BCUT2D eigenvalue weighted by molar-refractivity contribution is 5.73. The lowest BCUT2D eigenvalue weighted by Gasteiger charge is -2.04. The van der Waals surface area contributed by atoms with Crippen LogP contribution in [0.2, 0.25) is 0 Å². The van der Waals surface area contributed by atoms with E-state index in [-0.39, 0.29) is 6.42 Å². The highest BCUT2D eigenvalue weighted by atomic mass is 16.4. The zero-order valence-electron chi connectivity index (χ0n) is 7.21. The Kier molecular flexibility index (Phi) is 2.91. The van der Waals surface area contributed by atoms with E-state index in [1.807, 2.05) is 6.92 Å². The molecule has 0 spiro atoms. The van der Waals surface area contributed by atoms with Crippen LogP contribution in [0, 0.1) is 0 Å². The molecule has 0 fully saturated rings. The van der Waals surface area contributed by atoms with Crippen LogP contribution in [0.15, 0.2) is 0 Å². The Morgan fingerprint density at radius 2 is 2.46 bits per heavy atom. The van der Waals surface area contributed by atoms with Gasteiger partial charge in [-0.05, 0) is 17.4 Å². The van der Waals surface area contributed by atoms with Gasteiger partial charge in [0.2, 0.25) is 0 Å². The molecule has 0 aliphatic carbocycles. The van der Waals surface area contributed by atoms with Crippen molar-refractivity contribution in [2.45, 2.75) is 25.9 Å². The number of hydrogen-bond donors (Lipinski definition) is 2. The van der Waals surface area contributed by atoms with Crippen molar-refractivity contribution in [2.75, 3.05) is 0 Å². The van der Waals surface area contributed by atoms with E-state index < -0.39 is 12.0 Å². The lowest BCUT2D eigenvalue weighted by molar-refractivity contribution is -0.138. The monoisotopic (exact) mass is 185 g/mol. The number of carboxylic acids is 1. The number of carbonyl (C=O) groups is 1. The van der Waals surface area contributed by atoms with E-state index in [2.05, 4.69) is 15.5 Å². The summed E-state index contributed by atoms with van der Waals surface area (Å²) in [5, 5.41) is 19.3. The minimum Gasteiger partial charge on any atom is -0.480 e. The Bertz CT molecular complexity index is 297. The third kappa shape index (κ3) is 2.22. The third-order valence-corrected chi connectivity index (χ3v) is 1.63. The maximum atomic E-state index is 10.4. The van der Waals surface area contributed by atoms with Crippen molar-refractivity contribution in [1.82, 2.24) is 20.2 Å². The normalized spacial score (nSPS) is 12.8. The van der Waals surface area contributed by atoms with Crippen LogP contribution in [0.3, 0.4) is 0 Å². The van der Waals surface area contributed by atoms with Crippen LogP contribution in [0.25, 0.3) is 0 Å². The molecule has 1 rings (SSSR count). The van der Waals surface area contributed by atoms with Gasteiger partial charge in [0, 0.05) is 13.0 Å². The van der Waals surface area contributed by atoms with Gasteiger partial charge in [0.15, 0.2) is 5.82 Å². The molecule has 1 aromatic heterocycles. The van der Waals surface area contributed by atoms with Gasteiger partial charge in [0.1, 0.15) is 6.04 Å². The zero-order chi connectivity index (χ0) is 9.84. The minimum atomic E-state index is -1.05. The fraction of sp³-hybridized carbons (Fsp3) is 0.667. The van der Waals surface area contributed by atoms with Gasteiger partial charge < -0.3 is 10.8 Å². The van der Waals surface area contributed by atoms with Crippen molar-refractivity contribution in [3.63, 3.8) is 0 Å². The molecule has 0 amide bonds. The quantitative estimate of drug-likeness (QED) is 0.600. The SMILES string of the molecule is CCn1nnnc1C[C@@H](N)C(=O)O. The van der Waals surface area contributed by atoms with Gasteiger partial charge in [0.25, 0.3) is 0 Å². The predicted octanol–water partition coefficient (Wildman–Crippen LogP) is -1.35.